The molecule has 6 nitrogen and oxygen atoms in total. The molecule has 128 valence electrons. The Morgan fingerprint density at radius 3 is 2.33 bits per heavy atom. The van der Waals surface area contributed by atoms with E-state index in [0.29, 0.717) is 25.9 Å². The molecule has 2 N–H and O–H groups in total. The highest BCUT2D eigenvalue weighted by Crippen LogP contribution is 2.31. The Bertz CT molecular complexity index is 679. The molecule has 1 aliphatic carbocycles. The lowest BCUT2D eigenvalue weighted by Gasteiger charge is -2.32. The van der Waals surface area contributed by atoms with Gasteiger partial charge >= 0.3 is 5.97 Å². The lowest BCUT2D eigenvalue weighted by atomic mass is 10.0. The van der Waals surface area contributed by atoms with Crippen molar-refractivity contribution in [1.82, 2.24) is 10.2 Å². The van der Waals surface area contributed by atoms with Gasteiger partial charge in [-0.2, -0.15) is 0 Å². The first-order chi connectivity index (χ1) is 11.5. The van der Waals surface area contributed by atoms with Crippen LogP contribution >= 0.6 is 0 Å². The van der Waals surface area contributed by atoms with E-state index < -0.39 is 17.7 Å². The number of likely N-dealkylation sites (tertiary alicyclic amines) is 1. The molecule has 0 spiro atoms. The number of piperidine rings is 1. The van der Waals surface area contributed by atoms with Gasteiger partial charge in [-0.15, -0.1) is 0 Å². The Balaban J connectivity index is 1.56. The molecule has 1 aliphatic heterocycles. The van der Waals surface area contributed by atoms with Crippen molar-refractivity contribution in [1.29, 1.82) is 0 Å². The number of carboxylic acids is 1. The molecular weight excluding hydrogens is 315 g/mol. The summed E-state index contributed by atoms with van der Waals surface area (Å²) in [5, 5.41) is 11.6. The van der Waals surface area contributed by atoms with Crippen molar-refractivity contribution in [2.45, 2.75) is 31.7 Å². The van der Waals surface area contributed by atoms with Gasteiger partial charge < -0.3 is 15.3 Å². The van der Waals surface area contributed by atoms with Gasteiger partial charge in [-0.05, 0) is 43.9 Å². The molecule has 24 heavy (non-hydrogen) atoms. The molecule has 2 amide bonds. The van der Waals surface area contributed by atoms with Crippen LogP contribution in [0.4, 0.5) is 4.39 Å². The SMILES string of the molecule is O=C(O)c1ccc(C(=O)NC2CCN(C(=O)C3CC3)CC2)c(F)c1. The minimum atomic E-state index is -1.24. The minimum Gasteiger partial charge on any atom is -0.478 e. The van der Waals surface area contributed by atoms with Gasteiger partial charge in [-0.25, -0.2) is 9.18 Å². The Labute approximate surface area is 138 Å². The molecule has 0 aromatic heterocycles. The van der Waals surface area contributed by atoms with E-state index in [0.717, 1.165) is 18.9 Å². The van der Waals surface area contributed by atoms with Crippen LogP contribution in [-0.4, -0.2) is 46.9 Å². The van der Waals surface area contributed by atoms with Crippen LogP contribution in [0, 0.1) is 11.7 Å². The number of rotatable bonds is 4. The number of hydrogen-bond acceptors (Lipinski definition) is 3. The van der Waals surface area contributed by atoms with Crippen LogP contribution in [0.3, 0.4) is 0 Å². The maximum atomic E-state index is 13.9. The normalized spacial score (nSPS) is 18.3. The maximum Gasteiger partial charge on any atom is 0.335 e. The number of nitrogens with zero attached hydrogens (tertiary/aromatic N) is 1. The van der Waals surface area contributed by atoms with Gasteiger partial charge in [0.15, 0.2) is 0 Å². The van der Waals surface area contributed by atoms with Gasteiger partial charge in [0.25, 0.3) is 5.91 Å². The highest BCUT2D eigenvalue weighted by molar-refractivity contribution is 5.96. The number of aromatic carboxylic acids is 1. The van der Waals surface area contributed by atoms with Crippen LogP contribution in [0.2, 0.25) is 0 Å². The van der Waals surface area contributed by atoms with Crippen molar-refractivity contribution >= 4 is 17.8 Å². The summed E-state index contributed by atoms with van der Waals surface area (Å²) in [6, 6.07) is 3.12. The van der Waals surface area contributed by atoms with Crippen molar-refractivity contribution in [3.8, 4) is 0 Å². The molecule has 0 radical (unpaired) electrons. The van der Waals surface area contributed by atoms with E-state index in [-0.39, 0.29) is 29.0 Å². The number of carbonyl (C=O) groups is 3. The number of halogens is 1. The van der Waals surface area contributed by atoms with Crippen molar-refractivity contribution in [3.05, 3.63) is 35.1 Å². The number of benzene rings is 1. The monoisotopic (exact) mass is 334 g/mol. The van der Waals surface area contributed by atoms with E-state index in [1.165, 1.54) is 12.1 Å². The molecule has 2 aliphatic rings. The first-order valence-corrected chi connectivity index (χ1v) is 8.08. The Kier molecular flexibility index (Phi) is 4.51. The largest absolute Gasteiger partial charge is 0.478 e. The summed E-state index contributed by atoms with van der Waals surface area (Å²) in [5.41, 5.74) is -0.368. The first kappa shape index (κ1) is 16.4. The smallest absolute Gasteiger partial charge is 0.335 e. The molecule has 1 saturated carbocycles. The molecule has 3 rings (SSSR count). The van der Waals surface area contributed by atoms with Gasteiger partial charge in [0.05, 0.1) is 11.1 Å². The second kappa shape index (κ2) is 6.59. The van der Waals surface area contributed by atoms with E-state index in [1.807, 2.05) is 4.90 Å². The topological polar surface area (TPSA) is 86.7 Å². The molecule has 7 heteroatoms. The van der Waals surface area contributed by atoms with Gasteiger partial charge in [0.2, 0.25) is 5.91 Å². The van der Waals surface area contributed by atoms with E-state index in [2.05, 4.69) is 5.32 Å². The summed E-state index contributed by atoms with van der Waals surface area (Å²) < 4.78 is 13.9. The molecule has 1 aromatic carbocycles. The highest BCUT2D eigenvalue weighted by atomic mass is 19.1. The lowest BCUT2D eigenvalue weighted by Crippen LogP contribution is -2.47. The van der Waals surface area contributed by atoms with Gasteiger partial charge in [-0.1, -0.05) is 0 Å². The fraction of sp³-hybridized carbons (Fsp3) is 0.471. The molecule has 0 unspecified atom stereocenters. The summed E-state index contributed by atoms with van der Waals surface area (Å²) >= 11 is 0. The standard InChI is InChI=1S/C17H19FN2O4/c18-14-9-11(17(23)24)3-4-13(14)15(21)19-12-5-7-20(8-6-12)16(22)10-1-2-10/h3-4,9-10,12H,1-2,5-8H2,(H,19,21)(H,23,24). The van der Waals surface area contributed by atoms with E-state index >= 15 is 0 Å². The van der Waals surface area contributed by atoms with Crippen LogP contribution in [0.15, 0.2) is 18.2 Å². The zero-order chi connectivity index (χ0) is 17.3. The average Bonchev–Trinajstić information content (AvgIpc) is 3.39. The lowest BCUT2D eigenvalue weighted by molar-refractivity contribution is -0.133. The number of carboxylic acid groups (broad SMARTS) is 1. The van der Waals surface area contributed by atoms with E-state index in [9.17, 15) is 18.8 Å². The van der Waals surface area contributed by atoms with Crippen molar-refractivity contribution < 1.29 is 23.9 Å². The van der Waals surface area contributed by atoms with Crippen LogP contribution in [0.1, 0.15) is 46.4 Å². The molecule has 1 heterocycles. The Hall–Kier alpha value is -2.44. The van der Waals surface area contributed by atoms with Crippen molar-refractivity contribution in [3.63, 3.8) is 0 Å². The number of hydrogen-bond donors (Lipinski definition) is 2. The number of nitrogens with one attached hydrogen (secondary N) is 1. The van der Waals surface area contributed by atoms with Crippen LogP contribution < -0.4 is 5.32 Å². The second-order valence-corrected chi connectivity index (χ2v) is 6.35. The summed E-state index contributed by atoms with van der Waals surface area (Å²) in [4.78, 5) is 36.8. The number of amides is 2. The number of carbonyl (C=O) groups excluding carboxylic acids is 2. The highest BCUT2D eigenvalue weighted by Gasteiger charge is 2.35. The third kappa shape index (κ3) is 3.55. The Morgan fingerprint density at radius 2 is 1.79 bits per heavy atom. The molecule has 1 aromatic rings. The molecule has 0 bridgehead atoms. The molecule has 2 fully saturated rings. The minimum absolute atomic E-state index is 0.112. The van der Waals surface area contributed by atoms with E-state index in [4.69, 9.17) is 5.11 Å². The summed E-state index contributed by atoms with van der Waals surface area (Å²) in [6.07, 6.45) is 3.22. The van der Waals surface area contributed by atoms with E-state index in [1.54, 1.807) is 0 Å². The Morgan fingerprint density at radius 1 is 1.12 bits per heavy atom. The van der Waals surface area contributed by atoms with Gasteiger partial charge in [0.1, 0.15) is 5.82 Å². The summed E-state index contributed by atoms with van der Waals surface area (Å²) in [6.45, 7) is 1.20. The van der Waals surface area contributed by atoms with Crippen LogP contribution in [-0.2, 0) is 4.79 Å². The first-order valence-electron chi connectivity index (χ1n) is 8.08. The van der Waals surface area contributed by atoms with Gasteiger partial charge in [-0.3, -0.25) is 9.59 Å². The average molecular weight is 334 g/mol. The molecular formula is C17H19FN2O4. The zero-order valence-electron chi connectivity index (χ0n) is 13.1. The van der Waals surface area contributed by atoms with Crippen LogP contribution in [0.25, 0.3) is 0 Å². The van der Waals surface area contributed by atoms with Crippen molar-refractivity contribution in [2.24, 2.45) is 5.92 Å². The summed E-state index contributed by atoms with van der Waals surface area (Å²) in [5.74, 6) is -2.26. The maximum absolute atomic E-state index is 13.9. The second-order valence-electron chi connectivity index (χ2n) is 6.35. The van der Waals surface area contributed by atoms with Crippen molar-refractivity contribution in [2.75, 3.05) is 13.1 Å². The fourth-order valence-electron chi connectivity index (χ4n) is 2.93. The van der Waals surface area contributed by atoms with Gasteiger partial charge in [0, 0.05) is 25.0 Å². The predicted molar refractivity (Wildman–Crippen MR) is 83.2 cm³/mol. The predicted octanol–water partition coefficient (Wildman–Crippen LogP) is 1.65. The quantitative estimate of drug-likeness (QED) is 0.877. The third-order valence-electron chi connectivity index (χ3n) is 4.53. The molecule has 1 saturated heterocycles. The molecule has 0 atom stereocenters. The third-order valence-corrected chi connectivity index (χ3v) is 4.53. The fourth-order valence-corrected chi connectivity index (χ4v) is 2.93. The summed E-state index contributed by atoms with van der Waals surface area (Å²) in [7, 11) is 0. The zero-order valence-corrected chi connectivity index (χ0v) is 13.1. The van der Waals surface area contributed by atoms with Crippen LogP contribution in [0.5, 0.6) is 0 Å².